The molecule has 0 spiro atoms. The van der Waals surface area contributed by atoms with Gasteiger partial charge in [-0.3, -0.25) is 4.79 Å². The molecule has 4 rings (SSSR count). The minimum Gasteiger partial charge on any atom is -0.490 e. The highest BCUT2D eigenvalue weighted by atomic mass is 35.5. The molecule has 1 aliphatic heterocycles. The minimum absolute atomic E-state index is 0.0314. The van der Waals surface area contributed by atoms with Crippen LogP contribution in [0.5, 0.6) is 11.5 Å². The second-order valence-electron chi connectivity index (χ2n) is 7.96. The Morgan fingerprint density at radius 1 is 0.921 bits per heavy atom. The Labute approximate surface area is 223 Å². The van der Waals surface area contributed by atoms with E-state index in [0.717, 1.165) is 5.56 Å². The van der Waals surface area contributed by atoms with Crippen molar-refractivity contribution in [2.75, 3.05) is 11.6 Å². The molecule has 0 aromatic heterocycles. The summed E-state index contributed by atoms with van der Waals surface area (Å²) < 4.78 is 80.9. The van der Waals surface area contributed by atoms with Crippen molar-refractivity contribution in [2.45, 2.75) is 20.5 Å². The quantitative estimate of drug-likeness (QED) is 0.128. The Balaban J connectivity index is 1.67. The van der Waals surface area contributed by atoms with Gasteiger partial charge in [-0.25, -0.2) is 22.0 Å². The monoisotopic (exact) mass is 570 g/mol. The highest BCUT2D eigenvalue weighted by Gasteiger charge is 2.37. The SMILES string of the molecule is CCOc1cc(/C=C2/C(=O)N(c3c(F)c(F)c(F)c(F)c3F)N=C2C)cc(Cl)c1OCc1ccc(Cl)cc1. The number of anilines is 1. The van der Waals surface area contributed by atoms with E-state index < -0.39 is 40.7 Å². The van der Waals surface area contributed by atoms with Crippen LogP contribution in [0.25, 0.3) is 6.08 Å². The fraction of sp³-hybridized carbons (Fsp3) is 0.154. The van der Waals surface area contributed by atoms with Gasteiger partial charge >= 0.3 is 0 Å². The lowest BCUT2D eigenvalue weighted by atomic mass is 10.1. The van der Waals surface area contributed by atoms with Crippen LogP contribution in [-0.4, -0.2) is 18.2 Å². The van der Waals surface area contributed by atoms with Crippen molar-refractivity contribution >= 4 is 46.6 Å². The molecule has 0 saturated heterocycles. The topological polar surface area (TPSA) is 51.1 Å². The molecule has 0 unspecified atom stereocenters. The number of nitrogens with zero attached hydrogens (tertiary/aromatic N) is 2. The lowest BCUT2D eigenvalue weighted by molar-refractivity contribution is -0.114. The van der Waals surface area contributed by atoms with Gasteiger partial charge in [-0.05, 0) is 55.3 Å². The number of ether oxygens (including phenoxy) is 2. The normalized spacial score (nSPS) is 14.3. The van der Waals surface area contributed by atoms with Crippen molar-refractivity contribution in [3.05, 3.63) is 92.2 Å². The third-order valence-corrected chi connectivity index (χ3v) is 5.93. The molecule has 3 aromatic rings. The van der Waals surface area contributed by atoms with Gasteiger partial charge in [0, 0.05) is 5.02 Å². The third-order valence-electron chi connectivity index (χ3n) is 5.40. The average Bonchev–Trinajstić information content (AvgIpc) is 3.15. The zero-order valence-electron chi connectivity index (χ0n) is 19.7. The molecular formula is C26H17Cl2F5N2O3. The van der Waals surface area contributed by atoms with Gasteiger partial charge in [0.05, 0.1) is 22.9 Å². The maximum absolute atomic E-state index is 14.3. The first kappa shape index (κ1) is 27.4. The van der Waals surface area contributed by atoms with E-state index in [0.29, 0.717) is 10.6 Å². The van der Waals surface area contributed by atoms with Crippen molar-refractivity contribution in [3.63, 3.8) is 0 Å². The van der Waals surface area contributed by atoms with E-state index >= 15 is 0 Å². The Hall–Kier alpha value is -3.63. The maximum Gasteiger partial charge on any atom is 0.280 e. The van der Waals surface area contributed by atoms with E-state index in [4.69, 9.17) is 32.7 Å². The number of carbonyl (C=O) groups excluding carboxylic acids is 1. The predicted molar refractivity (Wildman–Crippen MR) is 133 cm³/mol. The highest BCUT2D eigenvalue weighted by Crippen LogP contribution is 2.39. The first-order valence-corrected chi connectivity index (χ1v) is 11.8. The van der Waals surface area contributed by atoms with Crippen molar-refractivity contribution in [1.82, 2.24) is 0 Å². The number of amides is 1. The van der Waals surface area contributed by atoms with Gasteiger partial charge in [0.25, 0.3) is 5.91 Å². The summed E-state index contributed by atoms with van der Waals surface area (Å²) in [5.41, 5.74) is -0.531. The van der Waals surface area contributed by atoms with Gasteiger partial charge in [0.1, 0.15) is 12.3 Å². The molecule has 0 atom stereocenters. The van der Waals surface area contributed by atoms with Crippen LogP contribution < -0.4 is 14.5 Å². The van der Waals surface area contributed by atoms with E-state index in [9.17, 15) is 26.7 Å². The summed E-state index contributed by atoms with van der Waals surface area (Å²) in [5.74, 6) is -11.7. The van der Waals surface area contributed by atoms with Crippen LogP contribution in [0.2, 0.25) is 10.0 Å². The maximum atomic E-state index is 14.3. The molecule has 0 saturated carbocycles. The highest BCUT2D eigenvalue weighted by molar-refractivity contribution is 6.33. The van der Waals surface area contributed by atoms with Gasteiger partial charge in [-0.1, -0.05) is 35.3 Å². The van der Waals surface area contributed by atoms with Crippen molar-refractivity contribution in [1.29, 1.82) is 0 Å². The van der Waals surface area contributed by atoms with E-state index in [-0.39, 0.29) is 46.0 Å². The molecule has 5 nitrogen and oxygen atoms in total. The summed E-state index contributed by atoms with van der Waals surface area (Å²) >= 11 is 12.3. The number of hydrazone groups is 1. The summed E-state index contributed by atoms with van der Waals surface area (Å²) in [6.45, 7) is 3.48. The minimum atomic E-state index is -2.34. The Morgan fingerprint density at radius 2 is 1.53 bits per heavy atom. The van der Waals surface area contributed by atoms with Crippen LogP contribution in [0, 0.1) is 29.1 Å². The standard InChI is InChI=1S/C26H17Cl2F5N2O3/c1-3-37-18-10-14(9-17(28)25(18)38-11-13-4-6-15(27)7-5-13)8-16-12(2)34-35(26(16)36)24-22(32)20(30)19(29)21(31)23(24)33/h4-10H,3,11H2,1-2H3/b16-8+. The molecule has 12 heteroatoms. The molecule has 1 aliphatic rings. The van der Waals surface area contributed by atoms with Crippen LogP contribution in [0.15, 0.2) is 47.1 Å². The Kier molecular flexibility index (Phi) is 7.94. The molecule has 38 heavy (non-hydrogen) atoms. The van der Waals surface area contributed by atoms with E-state index in [1.165, 1.54) is 25.1 Å². The van der Waals surface area contributed by atoms with Gasteiger partial charge in [-0.2, -0.15) is 10.1 Å². The van der Waals surface area contributed by atoms with E-state index in [1.807, 2.05) is 0 Å². The number of rotatable bonds is 7. The first-order chi connectivity index (χ1) is 18.0. The average molecular weight is 571 g/mol. The molecule has 0 aliphatic carbocycles. The molecule has 0 bridgehead atoms. The fourth-order valence-corrected chi connectivity index (χ4v) is 3.99. The molecule has 0 N–H and O–H groups in total. The Bertz CT molecular complexity index is 1460. The third kappa shape index (κ3) is 5.19. The summed E-state index contributed by atoms with van der Waals surface area (Å²) in [5, 5.41) is 4.55. The molecule has 0 radical (unpaired) electrons. The molecule has 0 fully saturated rings. The van der Waals surface area contributed by atoms with Crippen LogP contribution in [0.1, 0.15) is 25.0 Å². The molecule has 3 aromatic carbocycles. The second-order valence-corrected chi connectivity index (χ2v) is 8.80. The fourth-order valence-electron chi connectivity index (χ4n) is 3.59. The molecule has 1 heterocycles. The number of hydrogen-bond acceptors (Lipinski definition) is 4. The van der Waals surface area contributed by atoms with Gasteiger partial charge < -0.3 is 9.47 Å². The van der Waals surface area contributed by atoms with Gasteiger partial charge in [-0.15, -0.1) is 0 Å². The van der Waals surface area contributed by atoms with E-state index in [2.05, 4.69) is 5.10 Å². The van der Waals surface area contributed by atoms with Crippen LogP contribution in [0.3, 0.4) is 0 Å². The molecular weight excluding hydrogens is 554 g/mol. The number of carbonyl (C=O) groups is 1. The lowest BCUT2D eigenvalue weighted by Gasteiger charge is -2.15. The molecule has 198 valence electrons. The van der Waals surface area contributed by atoms with Crippen molar-refractivity contribution in [2.24, 2.45) is 5.10 Å². The smallest absolute Gasteiger partial charge is 0.280 e. The predicted octanol–water partition coefficient (Wildman–Crippen LogP) is 7.47. The number of benzene rings is 3. The summed E-state index contributed by atoms with van der Waals surface area (Å²) in [7, 11) is 0. The Morgan fingerprint density at radius 3 is 2.13 bits per heavy atom. The summed E-state index contributed by atoms with van der Waals surface area (Å²) in [4.78, 5) is 13.0. The summed E-state index contributed by atoms with van der Waals surface area (Å²) in [6.07, 6.45) is 1.30. The number of hydrogen-bond donors (Lipinski definition) is 0. The van der Waals surface area contributed by atoms with Crippen LogP contribution in [-0.2, 0) is 11.4 Å². The summed E-state index contributed by atoms with van der Waals surface area (Å²) in [6, 6.07) is 9.94. The second kappa shape index (κ2) is 11.0. The number of halogens is 7. The lowest BCUT2D eigenvalue weighted by Crippen LogP contribution is -2.25. The van der Waals surface area contributed by atoms with Crippen LogP contribution >= 0.6 is 23.2 Å². The zero-order chi connectivity index (χ0) is 27.7. The zero-order valence-corrected chi connectivity index (χ0v) is 21.2. The van der Waals surface area contributed by atoms with Crippen LogP contribution in [0.4, 0.5) is 27.6 Å². The van der Waals surface area contributed by atoms with Gasteiger partial charge in [0.2, 0.25) is 5.82 Å². The molecule has 1 amide bonds. The van der Waals surface area contributed by atoms with E-state index in [1.54, 1.807) is 31.2 Å². The van der Waals surface area contributed by atoms with Gasteiger partial charge in [0.15, 0.2) is 34.8 Å². The van der Waals surface area contributed by atoms with Crippen molar-refractivity contribution in [3.8, 4) is 11.5 Å². The first-order valence-electron chi connectivity index (χ1n) is 11.0. The largest absolute Gasteiger partial charge is 0.490 e. The van der Waals surface area contributed by atoms with Crippen molar-refractivity contribution < 1.29 is 36.2 Å².